The molecule has 0 spiro atoms. The molecule has 2 aromatic carbocycles. The molecular formula is C21H16O2S. The molecule has 2 heterocycles. The smallest absolute Gasteiger partial charge is 0.152 e. The van der Waals surface area contributed by atoms with Crippen LogP contribution >= 0.6 is 11.3 Å². The van der Waals surface area contributed by atoms with Crippen molar-refractivity contribution in [2.75, 3.05) is 0 Å². The third-order valence-corrected chi connectivity index (χ3v) is 5.17. The molecule has 3 aromatic rings. The first-order chi connectivity index (χ1) is 11.8. The highest BCUT2D eigenvalue weighted by Crippen LogP contribution is 2.45. The summed E-state index contributed by atoms with van der Waals surface area (Å²) in [5.41, 5.74) is 4.02. The second kappa shape index (κ2) is 6.10. The van der Waals surface area contributed by atoms with Crippen LogP contribution in [0.25, 0.3) is 5.76 Å². The lowest BCUT2D eigenvalue weighted by Gasteiger charge is -2.28. The maximum Gasteiger partial charge on any atom is 0.152 e. The number of carbonyl (C=O) groups excluding carboxylic acids is 1. The molecular weight excluding hydrogens is 316 g/mol. The van der Waals surface area contributed by atoms with Crippen LogP contribution in [0.5, 0.6) is 5.75 Å². The molecule has 0 radical (unpaired) electrons. The fraction of sp³-hybridized carbons (Fsp3) is 0.0952. The van der Waals surface area contributed by atoms with E-state index in [1.165, 1.54) is 5.56 Å². The summed E-state index contributed by atoms with van der Waals surface area (Å²) in [6.45, 7) is 2.06. The van der Waals surface area contributed by atoms with Gasteiger partial charge in [0.2, 0.25) is 0 Å². The minimum atomic E-state index is -0.106. The van der Waals surface area contributed by atoms with Crippen LogP contribution in [0, 0.1) is 6.92 Å². The van der Waals surface area contributed by atoms with Crippen molar-refractivity contribution in [3.8, 4) is 5.75 Å². The number of hydrogen-bond acceptors (Lipinski definition) is 3. The molecule has 2 nitrogen and oxygen atoms in total. The Bertz CT molecular complexity index is 905. The molecule has 1 aliphatic heterocycles. The summed E-state index contributed by atoms with van der Waals surface area (Å²) in [6, 6.07) is 20.3. The average Bonchev–Trinajstić information content (AvgIpc) is 3.15. The van der Waals surface area contributed by atoms with Gasteiger partial charge in [0.15, 0.2) is 12.0 Å². The van der Waals surface area contributed by atoms with Crippen molar-refractivity contribution in [2.45, 2.75) is 12.8 Å². The molecule has 0 fully saturated rings. The zero-order valence-electron chi connectivity index (χ0n) is 13.2. The highest BCUT2D eigenvalue weighted by molar-refractivity contribution is 7.11. The number of aldehydes is 1. The number of ether oxygens (including phenoxy) is 1. The number of thiophene rings is 1. The monoisotopic (exact) mass is 332 g/mol. The van der Waals surface area contributed by atoms with E-state index in [4.69, 9.17) is 4.74 Å². The number of rotatable bonds is 3. The van der Waals surface area contributed by atoms with Crippen molar-refractivity contribution in [2.24, 2.45) is 0 Å². The Morgan fingerprint density at radius 1 is 1.00 bits per heavy atom. The number of carbonyl (C=O) groups is 1. The summed E-state index contributed by atoms with van der Waals surface area (Å²) in [6.07, 6.45) is 0.940. The molecule has 118 valence electrons. The number of aryl methyl sites for hydroxylation is 1. The third-order valence-electron chi connectivity index (χ3n) is 4.30. The van der Waals surface area contributed by atoms with E-state index in [0.29, 0.717) is 11.3 Å². The lowest BCUT2D eigenvalue weighted by atomic mass is 9.82. The molecule has 0 aliphatic carbocycles. The fourth-order valence-electron chi connectivity index (χ4n) is 3.12. The van der Waals surface area contributed by atoms with E-state index in [-0.39, 0.29) is 5.92 Å². The Hall–Kier alpha value is -2.65. The average molecular weight is 332 g/mol. The second-order valence-corrected chi connectivity index (χ2v) is 6.81. The van der Waals surface area contributed by atoms with Crippen LogP contribution in [0.2, 0.25) is 0 Å². The van der Waals surface area contributed by atoms with Gasteiger partial charge in [-0.05, 0) is 30.0 Å². The first-order valence-electron chi connectivity index (χ1n) is 7.84. The first kappa shape index (κ1) is 14.9. The van der Waals surface area contributed by atoms with E-state index in [9.17, 15) is 4.79 Å². The SMILES string of the molecule is Cc1ccc([C@@H]2C(C=O)=C(c3cccs3)Oc3ccccc32)cc1. The first-order valence-corrected chi connectivity index (χ1v) is 8.72. The van der Waals surface area contributed by atoms with Crippen LogP contribution in [0.1, 0.15) is 27.5 Å². The van der Waals surface area contributed by atoms with Gasteiger partial charge >= 0.3 is 0 Å². The standard InChI is InChI=1S/C21H16O2S/c1-14-8-10-15(11-9-14)20-16-5-2-3-6-18(16)23-21(17(20)13-22)19-7-4-12-24-19/h2-13,20H,1H3/t20-/m0/s1. The molecule has 0 bridgehead atoms. The van der Waals surface area contributed by atoms with Crippen molar-refractivity contribution in [3.05, 3.63) is 93.2 Å². The van der Waals surface area contributed by atoms with Gasteiger partial charge in [-0.25, -0.2) is 0 Å². The molecule has 0 amide bonds. The highest BCUT2D eigenvalue weighted by Gasteiger charge is 2.31. The van der Waals surface area contributed by atoms with E-state index >= 15 is 0 Å². The van der Waals surface area contributed by atoms with Crippen molar-refractivity contribution in [1.82, 2.24) is 0 Å². The van der Waals surface area contributed by atoms with Gasteiger partial charge in [-0.3, -0.25) is 4.79 Å². The van der Waals surface area contributed by atoms with Crippen molar-refractivity contribution in [1.29, 1.82) is 0 Å². The second-order valence-electron chi connectivity index (χ2n) is 5.86. The Morgan fingerprint density at radius 3 is 2.50 bits per heavy atom. The van der Waals surface area contributed by atoms with Gasteiger partial charge in [-0.2, -0.15) is 0 Å². The lowest BCUT2D eigenvalue weighted by molar-refractivity contribution is -0.105. The number of hydrogen-bond donors (Lipinski definition) is 0. The topological polar surface area (TPSA) is 26.3 Å². The molecule has 0 unspecified atom stereocenters. The van der Waals surface area contributed by atoms with Gasteiger partial charge in [-0.1, -0.05) is 54.1 Å². The zero-order chi connectivity index (χ0) is 16.5. The van der Waals surface area contributed by atoms with E-state index in [0.717, 1.165) is 28.0 Å². The van der Waals surface area contributed by atoms with Crippen LogP contribution in [-0.2, 0) is 4.79 Å². The molecule has 1 aromatic heterocycles. The quantitative estimate of drug-likeness (QED) is 0.617. The van der Waals surface area contributed by atoms with E-state index in [1.807, 2.05) is 41.8 Å². The third kappa shape index (κ3) is 2.47. The van der Waals surface area contributed by atoms with E-state index in [2.05, 4.69) is 31.2 Å². The van der Waals surface area contributed by atoms with Gasteiger partial charge in [0, 0.05) is 17.1 Å². The van der Waals surface area contributed by atoms with Crippen LogP contribution in [-0.4, -0.2) is 6.29 Å². The zero-order valence-corrected chi connectivity index (χ0v) is 14.0. The maximum absolute atomic E-state index is 12.0. The highest BCUT2D eigenvalue weighted by atomic mass is 32.1. The lowest BCUT2D eigenvalue weighted by Crippen LogP contribution is -2.16. The fourth-order valence-corrected chi connectivity index (χ4v) is 3.85. The van der Waals surface area contributed by atoms with Crippen LogP contribution in [0.4, 0.5) is 0 Å². The van der Waals surface area contributed by atoms with Gasteiger partial charge in [-0.15, -0.1) is 11.3 Å². The van der Waals surface area contributed by atoms with Gasteiger partial charge in [0.25, 0.3) is 0 Å². The minimum Gasteiger partial charge on any atom is -0.455 e. The van der Waals surface area contributed by atoms with Gasteiger partial charge in [0.05, 0.1) is 4.88 Å². The molecule has 0 saturated heterocycles. The molecule has 24 heavy (non-hydrogen) atoms. The largest absolute Gasteiger partial charge is 0.455 e. The Balaban J connectivity index is 1.95. The van der Waals surface area contributed by atoms with Crippen molar-refractivity contribution >= 4 is 23.4 Å². The predicted molar refractivity (Wildman–Crippen MR) is 97.4 cm³/mol. The van der Waals surface area contributed by atoms with E-state index < -0.39 is 0 Å². The Labute approximate surface area is 145 Å². The summed E-state index contributed by atoms with van der Waals surface area (Å²) < 4.78 is 6.11. The summed E-state index contributed by atoms with van der Waals surface area (Å²) in [7, 11) is 0. The van der Waals surface area contributed by atoms with Crippen LogP contribution < -0.4 is 4.74 Å². The van der Waals surface area contributed by atoms with E-state index in [1.54, 1.807) is 11.3 Å². The van der Waals surface area contributed by atoms with Gasteiger partial charge < -0.3 is 4.74 Å². The number of allylic oxidation sites excluding steroid dienone is 1. The molecule has 4 rings (SSSR count). The molecule has 3 heteroatoms. The summed E-state index contributed by atoms with van der Waals surface area (Å²) >= 11 is 1.58. The summed E-state index contributed by atoms with van der Waals surface area (Å²) in [4.78, 5) is 13.0. The number of fused-ring (bicyclic) bond motifs is 1. The van der Waals surface area contributed by atoms with Crippen LogP contribution in [0.3, 0.4) is 0 Å². The predicted octanol–water partition coefficient (Wildman–Crippen LogP) is 5.19. The molecule has 0 saturated carbocycles. The summed E-state index contributed by atoms with van der Waals surface area (Å²) in [5.74, 6) is 1.38. The molecule has 1 aliphatic rings. The van der Waals surface area contributed by atoms with Crippen molar-refractivity contribution in [3.63, 3.8) is 0 Å². The minimum absolute atomic E-state index is 0.106. The number of benzene rings is 2. The van der Waals surface area contributed by atoms with Crippen LogP contribution in [0.15, 0.2) is 71.6 Å². The normalized spacial score (nSPS) is 16.5. The molecule has 1 atom stereocenters. The maximum atomic E-state index is 12.0. The Morgan fingerprint density at radius 2 is 1.79 bits per heavy atom. The molecule has 0 N–H and O–H groups in total. The Kier molecular flexibility index (Phi) is 3.79. The number of para-hydroxylation sites is 1. The summed E-state index contributed by atoms with van der Waals surface area (Å²) in [5, 5.41) is 2.00. The van der Waals surface area contributed by atoms with Gasteiger partial charge in [0.1, 0.15) is 5.75 Å². The van der Waals surface area contributed by atoms with Crippen molar-refractivity contribution < 1.29 is 9.53 Å².